The first-order valence-corrected chi connectivity index (χ1v) is 9.72. The summed E-state index contributed by atoms with van der Waals surface area (Å²) in [4.78, 5) is 17.9. The van der Waals surface area contributed by atoms with Crippen molar-refractivity contribution in [3.05, 3.63) is 52.8 Å². The smallest absolute Gasteiger partial charge is 0.406 e. The molecule has 0 aliphatic rings. The van der Waals surface area contributed by atoms with E-state index in [9.17, 15) is 30.8 Å². The fraction of sp³-hybridized carbons (Fsp3) is 0.176. The number of nitrogens with zero attached hydrogens (tertiary/aromatic N) is 1. The molecular formula is C17H13F4N3O4S. The van der Waals surface area contributed by atoms with Gasteiger partial charge in [-0.3, -0.25) is 4.79 Å². The Morgan fingerprint density at radius 3 is 2.55 bits per heavy atom. The topological polar surface area (TPSA) is 101 Å². The summed E-state index contributed by atoms with van der Waals surface area (Å²) in [6, 6.07) is 4.58. The molecule has 0 radical (unpaired) electrons. The van der Waals surface area contributed by atoms with Crippen molar-refractivity contribution in [2.45, 2.75) is 18.2 Å². The van der Waals surface area contributed by atoms with Crippen molar-refractivity contribution in [2.75, 3.05) is 11.1 Å². The van der Waals surface area contributed by atoms with Crippen molar-refractivity contribution in [1.29, 1.82) is 0 Å². The molecular weight excluding hydrogens is 418 g/mol. The largest absolute Gasteiger partial charge is 0.573 e. The summed E-state index contributed by atoms with van der Waals surface area (Å²) < 4.78 is 80.1. The van der Waals surface area contributed by atoms with Crippen LogP contribution in [0.4, 0.5) is 28.9 Å². The third-order valence-corrected chi connectivity index (χ3v) is 5.66. The van der Waals surface area contributed by atoms with Crippen molar-refractivity contribution in [2.24, 2.45) is 0 Å². The Kier molecular flexibility index (Phi) is 5.22. The minimum absolute atomic E-state index is 0.0626. The van der Waals surface area contributed by atoms with Gasteiger partial charge in [-0.25, -0.2) is 17.8 Å². The highest BCUT2D eigenvalue weighted by atomic mass is 32.2. The maximum atomic E-state index is 13.7. The number of nitrogens with one attached hydrogen (secondary N) is 2. The van der Waals surface area contributed by atoms with Crippen molar-refractivity contribution >= 4 is 32.1 Å². The van der Waals surface area contributed by atoms with Crippen LogP contribution >= 0.6 is 0 Å². The normalized spacial score (nSPS) is 12.2. The zero-order valence-electron chi connectivity index (χ0n) is 14.7. The number of hydrogen-bond acceptors (Lipinski definition) is 6. The van der Waals surface area contributed by atoms with Crippen LogP contribution in [0.3, 0.4) is 0 Å². The van der Waals surface area contributed by atoms with E-state index in [2.05, 4.69) is 20.0 Å². The summed E-state index contributed by atoms with van der Waals surface area (Å²) in [5, 5.41) is 2.33. The Hall–Kier alpha value is -3.15. The third-order valence-electron chi connectivity index (χ3n) is 3.88. The standard InChI is InChI=1S/C17H13F4N3O4S/c1-2-29(26,27)14-4-3-9(18)5-12(14)24-13-7-10(28-17(19,20)21)6-11-15(13)22-8-23-16(11)25/h3-8,24H,2H2,1H3,(H,22,23,25). The second-order valence-corrected chi connectivity index (χ2v) is 8.06. The lowest BCUT2D eigenvalue weighted by atomic mass is 10.2. The molecule has 0 atom stereocenters. The SMILES string of the molecule is CCS(=O)(=O)c1ccc(F)cc1Nc1cc(OC(F)(F)F)cc2c(=O)[nH]cnc12. The minimum Gasteiger partial charge on any atom is -0.406 e. The van der Waals surface area contributed by atoms with Crippen LogP contribution in [-0.2, 0) is 9.84 Å². The summed E-state index contributed by atoms with van der Waals surface area (Å²) in [6.07, 6.45) is -4.01. The molecule has 0 fully saturated rings. The van der Waals surface area contributed by atoms with Crippen LogP contribution in [0.1, 0.15) is 6.92 Å². The van der Waals surface area contributed by atoms with Crippen LogP contribution in [0, 0.1) is 5.82 Å². The van der Waals surface area contributed by atoms with E-state index in [0.29, 0.717) is 0 Å². The van der Waals surface area contributed by atoms with Crippen molar-refractivity contribution in [1.82, 2.24) is 9.97 Å². The molecule has 1 aromatic heterocycles. The molecule has 0 aliphatic carbocycles. The maximum absolute atomic E-state index is 13.7. The quantitative estimate of drug-likeness (QED) is 0.474. The second kappa shape index (κ2) is 7.35. The molecule has 2 N–H and O–H groups in total. The number of aromatic amines is 1. The first-order valence-electron chi connectivity index (χ1n) is 8.06. The molecule has 12 heteroatoms. The van der Waals surface area contributed by atoms with E-state index in [0.717, 1.165) is 36.7 Å². The highest BCUT2D eigenvalue weighted by molar-refractivity contribution is 7.91. The van der Waals surface area contributed by atoms with Gasteiger partial charge in [0.15, 0.2) is 9.84 Å². The van der Waals surface area contributed by atoms with E-state index in [1.807, 2.05) is 0 Å². The number of sulfone groups is 1. The number of fused-ring (bicyclic) bond motifs is 1. The van der Waals surface area contributed by atoms with Crippen molar-refractivity contribution in [3.8, 4) is 5.75 Å². The van der Waals surface area contributed by atoms with Crippen molar-refractivity contribution < 1.29 is 30.7 Å². The monoisotopic (exact) mass is 431 g/mol. The number of hydrogen-bond donors (Lipinski definition) is 2. The van der Waals surface area contributed by atoms with Gasteiger partial charge in [-0.05, 0) is 24.3 Å². The first kappa shape index (κ1) is 20.6. The van der Waals surface area contributed by atoms with Crippen LogP contribution in [0.15, 0.2) is 46.3 Å². The van der Waals surface area contributed by atoms with Crippen LogP contribution in [0.2, 0.25) is 0 Å². The molecule has 29 heavy (non-hydrogen) atoms. The van der Waals surface area contributed by atoms with Gasteiger partial charge in [0.25, 0.3) is 5.56 Å². The average Bonchev–Trinajstić information content (AvgIpc) is 2.61. The maximum Gasteiger partial charge on any atom is 0.573 e. The summed E-state index contributed by atoms with van der Waals surface area (Å²) in [5.41, 5.74) is -1.20. The van der Waals surface area contributed by atoms with Crippen molar-refractivity contribution in [3.63, 3.8) is 0 Å². The number of anilines is 2. The summed E-state index contributed by atoms with van der Waals surface area (Å²) >= 11 is 0. The van der Waals surface area contributed by atoms with Gasteiger partial charge < -0.3 is 15.0 Å². The van der Waals surface area contributed by atoms with Crippen LogP contribution in [-0.4, -0.2) is 30.5 Å². The average molecular weight is 431 g/mol. The zero-order chi connectivity index (χ0) is 21.4. The molecule has 0 saturated carbocycles. The molecule has 0 saturated heterocycles. The van der Waals surface area contributed by atoms with E-state index in [1.54, 1.807) is 0 Å². The fourth-order valence-electron chi connectivity index (χ4n) is 2.61. The Balaban J connectivity index is 2.22. The van der Waals surface area contributed by atoms with E-state index < -0.39 is 33.3 Å². The van der Waals surface area contributed by atoms with Gasteiger partial charge in [0.2, 0.25) is 0 Å². The lowest BCUT2D eigenvalue weighted by molar-refractivity contribution is -0.274. The van der Waals surface area contributed by atoms with Gasteiger partial charge in [0, 0.05) is 6.07 Å². The van der Waals surface area contributed by atoms with Crippen LogP contribution in [0.5, 0.6) is 5.75 Å². The van der Waals surface area contributed by atoms with Crippen LogP contribution in [0.25, 0.3) is 10.9 Å². The Labute approximate surface area is 161 Å². The number of H-pyrrole nitrogens is 1. The predicted octanol–water partition coefficient (Wildman–Crippen LogP) is 3.50. The lowest BCUT2D eigenvalue weighted by Crippen LogP contribution is -2.18. The molecule has 154 valence electrons. The lowest BCUT2D eigenvalue weighted by Gasteiger charge is -2.15. The van der Waals surface area contributed by atoms with Gasteiger partial charge >= 0.3 is 6.36 Å². The molecule has 3 rings (SSSR count). The molecule has 0 aliphatic heterocycles. The number of aromatic nitrogens is 2. The first-order chi connectivity index (χ1) is 13.5. The predicted molar refractivity (Wildman–Crippen MR) is 96.5 cm³/mol. The Morgan fingerprint density at radius 2 is 1.90 bits per heavy atom. The highest BCUT2D eigenvalue weighted by Gasteiger charge is 2.31. The summed E-state index contributed by atoms with van der Waals surface area (Å²) in [6.45, 7) is 1.39. The van der Waals surface area contributed by atoms with E-state index in [1.165, 1.54) is 6.92 Å². The molecule has 3 aromatic rings. The molecule has 2 aromatic carbocycles. The van der Waals surface area contributed by atoms with E-state index >= 15 is 0 Å². The van der Waals surface area contributed by atoms with Gasteiger partial charge in [0.05, 0.1) is 33.7 Å². The number of benzene rings is 2. The highest BCUT2D eigenvalue weighted by Crippen LogP contribution is 2.34. The fourth-order valence-corrected chi connectivity index (χ4v) is 3.64. The summed E-state index contributed by atoms with van der Waals surface area (Å²) in [7, 11) is -3.79. The third kappa shape index (κ3) is 4.47. The van der Waals surface area contributed by atoms with Gasteiger partial charge in [-0.2, -0.15) is 0 Å². The molecule has 0 spiro atoms. The van der Waals surface area contributed by atoms with Gasteiger partial charge in [0.1, 0.15) is 17.1 Å². The molecule has 0 bridgehead atoms. The van der Waals surface area contributed by atoms with E-state index in [4.69, 9.17) is 0 Å². The number of alkyl halides is 3. The molecule has 0 unspecified atom stereocenters. The minimum atomic E-state index is -5.03. The van der Waals surface area contributed by atoms with Gasteiger partial charge in [-0.1, -0.05) is 6.92 Å². The van der Waals surface area contributed by atoms with Crippen LogP contribution < -0.4 is 15.6 Å². The number of rotatable bonds is 5. The number of halogens is 4. The molecule has 1 heterocycles. The summed E-state index contributed by atoms with van der Waals surface area (Å²) in [5.74, 6) is -1.80. The molecule has 0 amide bonds. The van der Waals surface area contributed by atoms with Gasteiger partial charge in [-0.15, -0.1) is 13.2 Å². The second-order valence-electron chi connectivity index (χ2n) is 5.82. The Bertz CT molecular complexity index is 1240. The zero-order valence-corrected chi connectivity index (χ0v) is 15.5. The van der Waals surface area contributed by atoms with E-state index in [-0.39, 0.29) is 32.9 Å². The Morgan fingerprint density at radius 1 is 1.17 bits per heavy atom. The number of ether oxygens (including phenoxy) is 1. The molecule has 7 nitrogen and oxygen atoms in total.